The van der Waals surface area contributed by atoms with Crippen LogP contribution in [0, 0.1) is 5.82 Å². The number of rotatable bonds is 4. The molecule has 0 spiro atoms. The van der Waals surface area contributed by atoms with Gasteiger partial charge in [-0.2, -0.15) is 5.10 Å². The quantitative estimate of drug-likeness (QED) is 0.538. The molecule has 0 saturated heterocycles. The standard InChI is InChI=1S/C19H15FN2O2S/c1-12(13-4-8-16(23)9-5-13)21-22-19(24)18-11-10-17(25-18)14-2-6-15(20)7-3-14/h2-11,23H,1H3,(H,22,24)/b21-12+. The zero-order valence-corrected chi connectivity index (χ0v) is 14.2. The second kappa shape index (κ2) is 7.27. The van der Waals surface area contributed by atoms with E-state index in [1.165, 1.54) is 23.5 Å². The summed E-state index contributed by atoms with van der Waals surface area (Å²) in [5.41, 5.74) is 4.81. The van der Waals surface area contributed by atoms with Gasteiger partial charge in [0.1, 0.15) is 11.6 Å². The molecule has 4 nitrogen and oxygen atoms in total. The fraction of sp³-hybridized carbons (Fsp3) is 0.0526. The van der Waals surface area contributed by atoms with Gasteiger partial charge in [-0.15, -0.1) is 11.3 Å². The summed E-state index contributed by atoms with van der Waals surface area (Å²) in [4.78, 5) is 13.6. The monoisotopic (exact) mass is 354 g/mol. The number of nitrogens with one attached hydrogen (secondary N) is 1. The van der Waals surface area contributed by atoms with Crippen molar-refractivity contribution in [3.05, 3.63) is 76.9 Å². The van der Waals surface area contributed by atoms with E-state index in [0.717, 1.165) is 16.0 Å². The summed E-state index contributed by atoms with van der Waals surface area (Å²) in [7, 11) is 0. The van der Waals surface area contributed by atoms with Crippen LogP contribution in [-0.2, 0) is 0 Å². The van der Waals surface area contributed by atoms with E-state index in [4.69, 9.17) is 0 Å². The van der Waals surface area contributed by atoms with Crippen LogP contribution in [0.1, 0.15) is 22.2 Å². The van der Waals surface area contributed by atoms with Gasteiger partial charge < -0.3 is 5.11 Å². The van der Waals surface area contributed by atoms with Crippen LogP contribution in [0.4, 0.5) is 4.39 Å². The number of halogens is 1. The number of benzene rings is 2. The van der Waals surface area contributed by atoms with Crippen LogP contribution in [0.15, 0.2) is 65.8 Å². The van der Waals surface area contributed by atoms with Crippen LogP contribution < -0.4 is 5.43 Å². The Bertz CT molecular complexity index is 915. The minimum atomic E-state index is -0.309. The minimum absolute atomic E-state index is 0.174. The van der Waals surface area contributed by atoms with E-state index in [-0.39, 0.29) is 17.5 Å². The zero-order valence-electron chi connectivity index (χ0n) is 13.4. The lowest BCUT2D eigenvalue weighted by atomic mass is 10.1. The third-order valence-corrected chi connectivity index (χ3v) is 4.70. The minimum Gasteiger partial charge on any atom is -0.508 e. The molecule has 1 amide bonds. The predicted molar refractivity (Wildman–Crippen MR) is 97.5 cm³/mol. The molecule has 1 aromatic heterocycles. The maximum atomic E-state index is 13.0. The average molecular weight is 354 g/mol. The molecule has 25 heavy (non-hydrogen) atoms. The Labute approximate surface area is 148 Å². The molecular formula is C19H15FN2O2S. The molecular weight excluding hydrogens is 339 g/mol. The third-order valence-electron chi connectivity index (χ3n) is 3.57. The summed E-state index contributed by atoms with van der Waals surface area (Å²) in [6, 6.07) is 16.2. The first kappa shape index (κ1) is 16.9. The highest BCUT2D eigenvalue weighted by molar-refractivity contribution is 7.17. The van der Waals surface area contributed by atoms with Gasteiger partial charge in [-0.05, 0) is 66.6 Å². The van der Waals surface area contributed by atoms with E-state index in [0.29, 0.717) is 10.6 Å². The molecule has 0 unspecified atom stereocenters. The molecule has 0 atom stereocenters. The van der Waals surface area contributed by atoms with Crippen LogP contribution >= 0.6 is 11.3 Å². The van der Waals surface area contributed by atoms with Crippen molar-refractivity contribution in [1.82, 2.24) is 5.43 Å². The lowest BCUT2D eigenvalue weighted by Gasteiger charge is -2.02. The number of phenolic OH excluding ortho intramolecular Hbond substituents is 1. The maximum Gasteiger partial charge on any atom is 0.281 e. The Morgan fingerprint density at radius 1 is 1.04 bits per heavy atom. The van der Waals surface area contributed by atoms with E-state index in [1.54, 1.807) is 49.4 Å². The number of hydrogen-bond donors (Lipinski definition) is 2. The van der Waals surface area contributed by atoms with Crippen molar-refractivity contribution in [2.24, 2.45) is 5.10 Å². The van der Waals surface area contributed by atoms with Gasteiger partial charge in [0.2, 0.25) is 0 Å². The SMILES string of the molecule is C/C(=N\NC(=O)c1ccc(-c2ccc(F)cc2)s1)c1ccc(O)cc1. The number of amides is 1. The van der Waals surface area contributed by atoms with Crippen LogP contribution in [0.3, 0.4) is 0 Å². The number of carbonyl (C=O) groups is 1. The summed E-state index contributed by atoms with van der Waals surface area (Å²) in [5.74, 6) is -0.429. The number of phenols is 1. The average Bonchev–Trinajstić information content (AvgIpc) is 3.11. The van der Waals surface area contributed by atoms with Crippen molar-refractivity contribution in [1.29, 1.82) is 0 Å². The van der Waals surface area contributed by atoms with Gasteiger partial charge in [-0.25, -0.2) is 9.82 Å². The van der Waals surface area contributed by atoms with Crippen LogP contribution in [-0.4, -0.2) is 16.7 Å². The Balaban J connectivity index is 1.70. The van der Waals surface area contributed by atoms with Gasteiger partial charge in [0.05, 0.1) is 10.6 Å². The number of aromatic hydroxyl groups is 1. The van der Waals surface area contributed by atoms with Crippen molar-refractivity contribution in [3.8, 4) is 16.2 Å². The lowest BCUT2D eigenvalue weighted by Crippen LogP contribution is -2.18. The molecule has 6 heteroatoms. The molecule has 3 aromatic rings. The van der Waals surface area contributed by atoms with Crippen molar-refractivity contribution in [3.63, 3.8) is 0 Å². The topological polar surface area (TPSA) is 61.7 Å². The highest BCUT2D eigenvalue weighted by Gasteiger charge is 2.10. The fourth-order valence-electron chi connectivity index (χ4n) is 2.19. The first-order valence-electron chi connectivity index (χ1n) is 7.53. The smallest absolute Gasteiger partial charge is 0.281 e. The van der Waals surface area contributed by atoms with Crippen LogP contribution in [0.25, 0.3) is 10.4 Å². The second-order valence-electron chi connectivity index (χ2n) is 5.36. The first-order chi connectivity index (χ1) is 12.0. The van der Waals surface area contributed by atoms with Crippen LogP contribution in [0.2, 0.25) is 0 Å². The number of carbonyl (C=O) groups excluding carboxylic acids is 1. The van der Waals surface area contributed by atoms with Crippen molar-refractivity contribution < 1.29 is 14.3 Å². The second-order valence-corrected chi connectivity index (χ2v) is 6.44. The van der Waals surface area contributed by atoms with Gasteiger partial charge in [-0.3, -0.25) is 4.79 Å². The fourth-order valence-corrected chi connectivity index (χ4v) is 3.09. The van der Waals surface area contributed by atoms with E-state index in [9.17, 15) is 14.3 Å². The van der Waals surface area contributed by atoms with Crippen molar-refractivity contribution in [2.75, 3.05) is 0 Å². The molecule has 1 heterocycles. The summed E-state index contributed by atoms with van der Waals surface area (Å²) in [6.45, 7) is 1.77. The predicted octanol–water partition coefficient (Wildman–Crippen LogP) is 4.41. The first-order valence-corrected chi connectivity index (χ1v) is 8.34. The molecule has 0 aliphatic rings. The summed E-state index contributed by atoms with van der Waals surface area (Å²) >= 11 is 1.31. The maximum absolute atomic E-state index is 13.0. The van der Waals surface area contributed by atoms with Gasteiger partial charge in [0.15, 0.2) is 0 Å². The van der Waals surface area contributed by atoms with Gasteiger partial charge in [0.25, 0.3) is 5.91 Å². The van der Waals surface area contributed by atoms with Crippen LogP contribution in [0.5, 0.6) is 5.75 Å². The Morgan fingerprint density at radius 3 is 2.40 bits per heavy atom. The van der Waals surface area contributed by atoms with Gasteiger partial charge >= 0.3 is 0 Å². The van der Waals surface area contributed by atoms with Crippen molar-refractivity contribution in [2.45, 2.75) is 6.92 Å². The Morgan fingerprint density at radius 2 is 1.72 bits per heavy atom. The largest absolute Gasteiger partial charge is 0.508 e. The number of hydrazone groups is 1. The summed E-state index contributed by atoms with van der Waals surface area (Å²) in [5, 5.41) is 13.4. The van der Waals surface area contributed by atoms with E-state index < -0.39 is 0 Å². The third kappa shape index (κ3) is 4.10. The van der Waals surface area contributed by atoms with Crippen molar-refractivity contribution >= 4 is 23.0 Å². The van der Waals surface area contributed by atoms with Gasteiger partial charge in [-0.1, -0.05) is 12.1 Å². The number of thiophene rings is 1. The normalized spacial score (nSPS) is 11.4. The summed E-state index contributed by atoms with van der Waals surface area (Å²) < 4.78 is 13.0. The highest BCUT2D eigenvalue weighted by Crippen LogP contribution is 2.28. The highest BCUT2D eigenvalue weighted by atomic mass is 32.1. The summed E-state index contributed by atoms with van der Waals surface area (Å²) in [6.07, 6.45) is 0. The molecule has 0 aliphatic carbocycles. The number of nitrogens with zero attached hydrogens (tertiary/aromatic N) is 1. The molecule has 0 aliphatic heterocycles. The molecule has 2 aromatic carbocycles. The zero-order chi connectivity index (χ0) is 17.8. The molecule has 3 rings (SSSR count). The molecule has 0 bridgehead atoms. The molecule has 0 radical (unpaired) electrons. The van der Waals surface area contributed by atoms with E-state index in [1.807, 2.05) is 6.07 Å². The Hall–Kier alpha value is -2.99. The van der Waals surface area contributed by atoms with E-state index in [2.05, 4.69) is 10.5 Å². The number of hydrogen-bond acceptors (Lipinski definition) is 4. The van der Waals surface area contributed by atoms with E-state index >= 15 is 0 Å². The Kier molecular flexibility index (Phi) is 4.90. The van der Waals surface area contributed by atoms with Gasteiger partial charge in [0, 0.05) is 4.88 Å². The molecule has 0 fully saturated rings. The lowest BCUT2D eigenvalue weighted by molar-refractivity contribution is 0.0959. The molecule has 126 valence electrons. The molecule has 0 saturated carbocycles. The molecule has 2 N–H and O–H groups in total.